The third-order valence-electron chi connectivity index (χ3n) is 9.35. The smallest absolute Gasteiger partial charge is 0.312 e. The van der Waals surface area contributed by atoms with Crippen LogP contribution in [0.15, 0.2) is 49.6 Å². The fourth-order valence-electron chi connectivity index (χ4n) is 7.40. The number of likely N-dealkylation sites (tertiary alicyclic amines) is 1. The van der Waals surface area contributed by atoms with Crippen LogP contribution >= 0.6 is 11.6 Å². The van der Waals surface area contributed by atoms with Crippen LogP contribution < -0.4 is 4.90 Å². The number of halogens is 1. The number of rotatable bonds is 14. The molecule has 7 atom stereocenters. The maximum absolute atomic E-state index is 14.7. The molecule has 4 rings (SSSR count). The highest BCUT2D eigenvalue weighted by molar-refractivity contribution is 6.30. The van der Waals surface area contributed by atoms with Crippen LogP contribution in [0.5, 0.6) is 0 Å². The molecule has 1 spiro atoms. The molecule has 1 N–H and O–H groups in total. The summed E-state index contributed by atoms with van der Waals surface area (Å²) >= 11 is 6.14. The van der Waals surface area contributed by atoms with Gasteiger partial charge in [0, 0.05) is 17.3 Å². The average molecular weight is 601 g/mol. The lowest BCUT2D eigenvalue weighted by Gasteiger charge is -2.40. The fraction of sp³-hybridized carbons (Fsp3) is 0.606. The lowest BCUT2D eigenvalue weighted by Crippen LogP contribution is -2.59. The first-order valence-electron chi connectivity index (χ1n) is 15.0. The number of nitrogens with zero attached hydrogens (tertiary/aromatic N) is 2. The van der Waals surface area contributed by atoms with Gasteiger partial charge in [-0.2, -0.15) is 0 Å². The van der Waals surface area contributed by atoms with E-state index in [4.69, 9.17) is 21.1 Å². The lowest BCUT2D eigenvalue weighted by molar-refractivity contribution is -0.162. The third-order valence-corrected chi connectivity index (χ3v) is 9.60. The molecular weight excluding hydrogens is 556 g/mol. The predicted octanol–water partition coefficient (Wildman–Crippen LogP) is 5.18. The maximum Gasteiger partial charge on any atom is 0.312 e. The topological polar surface area (TPSA) is 96.4 Å². The van der Waals surface area contributed by atoms with Crippen molar-refractivity contribution in [2.24, 2.45) is 23.7 Å². The molecule has 0 radical (unpaired) electrons. The molecule has 0 saturated carbocycles. The Morgan fingerprint density at radius 2 is 1.93 bits per heavy atom. The van der Waals surface area contributed by atoms with Gasteiger partial charge < -0.3 is 24.4 Å². The molecule has 3 saturated heterocycles. The van der Waals surface area contributed by atoms with Gasteiger partial charge in [0.15, 0.2) is 0 Å². The van der Waals surface area contributed by atoms with Crippen molar-refractivity contribution < 1.29 is 29.0 Å². The summed E-state index contributed by atoms with van der Waals surface area (Å²) in [4.78, 5) is 46.1. The van der Waals surface area contributed by atoms with E-state index in [0.29, 0.717) is 30.0 Å². The van der Waals surface area contributed by atoms with E-state index in [9.17, 15) is 19.5 Å². The van der Waals surface area contributed by atoms with Crippen molar-refractivity contribution in [1.82, 2.24) is 4.90 Å². The number of carbonyl (C=O) groups is 3. The van der Waals surface area contributed by atoms with Crippen molar-refractivity contribution >= 4 is 35.1 Å². The number of esters is 1. The maximum atomic E-state index is 14.7. The lowest BCUT2D eigenvalue weighted by atomic mass is 9.62. The molecule has 230 valence electrons. The van der Waals surface area contributed by atoms with Crippen molar-refractivity contribution in [2.45, 2.75) is 83.1 Å². The second kappa shape index (κ2) is 12.9. The molecule has 42 heavy (non-hydrogen) atoms. The van der Waals surface area contributed by atoms with Gasteiger partial charge in [-0.1, -0.05) is 44.5 Å². The Morgan fingerprint density at radius 1 is 1.24 bits per heavy atom. The first kappa shape index (κ1) is 32.2. The highest BCUT2D eigenvalue weighted by Crippen LogP contribution is 2.65. The number of amides is 2. The second-order valence-corrected chi connectivity index (χ2v) is 13.0. The van der Waals surface area contributed by atoms with Gasteiger partial charge in [0.05, 0.1) is 30.8 Å². The van der Waals surface area contributed by atoms with Gasteiger partial charge in [-0.05, 0) is 75.1 Å². The fourth-order valence-corrected chi connectivity index (χ4v) is 7.53. The standard InChI is InChI=1S/C33H45ClN2O6/c1-7-9-10-11-17-41-31(40)27-26-29(38)36(25(20-37)18-21(3)4)28(33(26)19-22(5)32(27,6)42-33)30(39)35(16-8-2)24-14-12-23(34)13-15-24/h7-8,12-15,21-22,25-28,37H,1-2,9-11,16-20H2,3-6H3/t22?,25-,26+,27-,28?,32+,33?/m1/s1. The largest absolute Gasteiger partial charge is 0.465 e. The van der Waals surface area contributed by atoms with Crippen LogP contribution in [0.1, 0.15) is 59.8 Å². The Morgan fingerprint density at radius 3 is 2.52 bits per heavy atom. The molecule has 2 amide bonds. The summed E-state index contributed by atoms with van der Waals surface area (Å²) in [7, 11) is 0. The van der Waals surface area contributed by atoms with Crippen molar-refractivity contribution in [3.63, 3.8) is 0 Å². The Bertz CT molecular complexity index is 1190. The van der Waals surface area contributed by atoms with E-state index in [1.54, 1.807) is 35.2 Å². The van der Waals surface area contributed by atoms with Crippen molar-refractivity contribution in [2.75, 3.05) is 24.7 Å². The van der Waals surface area contributed by atoms with Crippen LogP contribution in [0.25, 0.3) is 0 Å². The summed E-state index contributed by atoms with van der Waals surface area (Å²) in [5.74, 6) is -2.89. The first-order chi connectivity index (χ1) is 20.0. The van der Waals surface area contributed by atoms with E-state index in [1.807, 2.05) is 33.8 Å². The molecule has 2 bridgehead atoms. The number of ether oxygens (including phenoxy) is 2. The van der Waals surface area contributed by atoms with Gasteiger partial charge in [0.1, 0.15) is 17.6 Å². The van der Waals surface area contributed by atoms with Crippen LogP contribution in [0.4, 0.5) is 5.69 Å². The molecule has 1 aromatic rings. The van der Waals surface area contributed by atoms with E-state index in [1.165, 1.54) is 4.90 Å². The van der Waals surface area contributed by atoms with Crippen molar-refractivity contribution in [3.05, 3.63) is 54.6 Å². The highest BCUT2D eigenvalue weighted by Gasteiger charge is 2.80. The normalized spacial score (nSPS) is 30.4. The molecular formula is C33H45ClN2O6. The average Bonchev–Trinajstić information content (AvgIpc) is 3.46. The van der Waals surface area contributed by atoms with Crippen LogP contribution in [0.3, 0.4) is 0 Å². The number of carbonyl (C=O) groups excluding carboxylic acids is 3. The summed E-state index contributed by atoms with van der Waals surface area (Å²) < 4.78 is 12.6. The number of allylic oxidation sites excluding steroid dienone is 1. The van der Waals surface area contributed by atoms with E-state index in [-0.39, 0.29) is 43.4 Å². The quantitative estimate of drug-likeness (QED) is 0.180. The predicted molar refractivity (Wildman–Crippen MR) is 163 cm³/mol. The number of fused-ring (bicyclic) bond motifs is 1. The Kier molecular flexibility index (Phi) is 9.90. The van der Waals surface area contributed by atoms with Gasteiger partial charge in [-0.15, -0.1) is 13.2 Å². The zero-order valence-corrected chi connectivity index (χ0v) is 26.0. The molecule has 8 nitrogen and oxygen atoms in total. The Hall–Kier alpha value is -2.68. The SMILES string of the molecule is C=CCCCCOC(=O)[C@H]1[C@H]2C(=O)N([C@@H](CO)CC(C)C)C(C(=O)N(CC=C)c3ccc(Cl)cc3)C23CC(C)[C@]1(C)O3. The molecule has 3 aliphatic heterocycles. The highest BCUT2D eigenvalue weighted by atomic mass is 35.5. The number of anilines is 1. The minimum Gasteiger partial charge on any atom is -0.465 e. The van der Waals surface area contributed by atoms with E-state index < -0.39 is 41.1 Å². The number of unbranched alkanes of at least 4 members (excludes halogenated alkanes) is 2. The van der Waals surface area contributed by atoms with Gasteiger partial charge in [0.25, 0.3) is 5.91 Å². The second-order valence-electron chi connectivity index (χ2n) is 12.6. The molecule has 3 unspecified atom stereocenters. The Balaban J connectivity index is 1.79. The van der Waals surface area contributed by atoms with Crippen LogP contribution in [-0.4, -0.2) is 70.8 Å². The number of aliphatic hydroxyl groups excluding tert-OH is 1. The van der Waals surface area contributed by atoms with Crippen molar-refractivity contribution in [1.29, 1.82) is 0 Å². The van der Waals surface area contributed by atoms with E-state index in [0.717, 1.165) is 12.8 Å². The number of hydrogen-bond acceptors (Lipinski definition) is 6. The first-order valence-corrected chi connectivity index (χ1v) is 15.4. The minimum atomic E-state index is -1.24. The third kappa shape index (κ3) is 5.53. The molecule has 0 aliphatic carbocycles. The number of hydrogen-bond donors (Lipinski definition) is 1. The summed E-state index contributed by atoms with van der Waals surface area (Å²) in [5.41, 5.74) is -1.62. The molecule has 0 aromatic heterocycles. The summed E-state index contributed by atoms with van der Waals surface area (Å²) in [6.07, 6.45) is 6.74. The minimum absolute atomic E-state index is 0.115. The van der Waals surface area contributed by atoms with Crippen LogP contribution in [0, 0.1) is 23.7 Å². The summed E-state index contributed by atoms with van der Waals surface area (Å²) in [5, 5.41) is 11.1. The van der Waals surface area contributed by atoms with Gasteiger partial charge in [0.2, 0.25) is 5.91 Å². The zero-order valence-electron chi connectivity index (χ0n) is 25.3. The molecule has 9 heteroatoms. The molecule has 3 fully saturated rings. The zero-order chi connectivity index (χ0) is 30.8. The van der Waals surface area contributed by atoms with Gasteiger partial charge >= 0.3 is 5.97 Å². The summed E-state index contributed by atoms with van der Waals surface area (Å²) in [6, 6.07) is 5.24. The van der Waals surface area contributed by atoms with Crippen molar-refractivity contribution in [3.8, 4) is 0 Å². The van der Waals surface area contributed by atoms with Gasteiger partial charge in [-0.3, -0.25) is 14.4 Å². The number of aliphatic hydroxyl groups is 1. The molecule has 1 aromatic carbocycles. The summed E-state index contributed by atoms with van der Waals surface area (Å²) in [6.45, 7) is 15.6. The number of benzene rings is 1. The monoisotopic (exact) mass is 600 g/mol. The van der Waals surface area contributed by atoms with Gasteiger partial charge in [-0.25, -0.2) is 0 Å². The van der Waals surface area contributed by atoms with E-state index in [2.05, 4.69) is 13.2 Å². The Labute approximate surface area is 254 Å². The van der Waals surface area contributed by atoms with Crippen LogP contribution in [-0.2, 0) is 23.9 Å². The van der Waals surface area contributed by atoms with Crippen LogP contribution in [0.2, 0.25) is 5.02 Å². The van der Waals surface area contributed by atoms with E-state index >= 15 is 0 Å². The molecule has 3 heterocycles. The molecule has 3 aliphatic rings.